The van der Waals surface area contributed by atoms with Crippen LogP contribution in [0, 0.1) is 6.92 Å². The maximum absolute atomic E-state index is 12.7. The molecule has 0 unspecified atom stereocenters. The Hall–Kier alpha value is -2.67. The molecule has 0 bridgehead atoms. The maximum atomic E-state index is 12.7. The van der Waals surface area contributed by atoms with E-state index in [-0.39, 0.29) is 11.9 Å². The fourth-order valence-electron chi connectivity index (χ4n) is 3.62. The van der Waals surface area contributed by atoms with Gasteiger partial charge in [-0.1, -0.05) is 11.6 Å². The minimum absolute atomic E-state index is 0.0236. The molecule has 0 spiro atoms. The zero-order valence-electron chi connectivity index (χ0n) is 16.3. The van der Waals surface area contributed by atoms with Crippen LogP contribution < -0.4 is 4.90 Å². The van der Waals surface area contributed by atoms with Crippen LogP contribution in [0.15, 0.2) is 30.5 Å². The van der Waals surface area contributed by atoms with Crippen molar-refractivity contribution in [1.82, 2.24) is 24.6 Å². The predicted molar refractivity (Wildman–Crippen MR) is 110 cm³/mol. The molecular formula is C20H23ClN6O. The molecule has 0 atom stereocenters. The van der Waals surface area contributed by atoms with E-state index in [4.69, 9.17) is 16.6 Å². The van der Waals surface area contributed by atoms with E-state index < -0.39 is 0 Å². The Morgan fingerprint density at radius 3 is 2.64 bits per heavy atom. The largest absolute Gasteiger partial charge is 0.355 e. The van der Waals surface area contributed by atoms with E-state index in [1.54, 1.807) is 10.9 Å². The molecule has 1 aromatic carbocycles. The Bertz CT molecular complexity index is 1010. The number of rotatable bonds is 3. The first kappa shape index (κ1) is 18.7. The molecule has 1 aliphatic heterocycles. The van der Waals surface area contributed by atoms with Gasteiger partial charge in [0.2, 0.25) is 0 Å². The number of anilines is 1. The summed E-state index contributed by atoms with van der Waals surface area (Å²) in [5.74, 6) is 0.840. The summed E-state index contributed by atoms with van der Waals surface area (Å²) < 4.78 is 1.73. The van der Waals surface area contributed by atoms with Gasteiger partial charge < -0.3 is 9.80 Å². The van der Waals surface area contributed by atoms with Crippen molar-refractivity contribution in [2.24, 2.45) is 7.05 Å². The minimum atomic E-state index is -0.0236. The summed E-state index contributed by atoms with van der Waals surface area (Å²) in [5, 5.41) is 4.97. The lowest BCUT2D eigenvalue weighted by Crippen LogP contribution is -2.46. The third-order valence-electron chi connectivity index (χ3n) is 5.48. The maximum Gasteiger partial charge on any atom is 0.274 e. The van der Waals surface area contributed by atoms with Crippen molar-refractivity contribution in [3.63, 3.8) is 0 Å². The summed E-state index contributed by atoms with van der Waals surface area (Å²) in [7, 11) is 3.72. The van der Waals surface area contributed by atoms with E-state index in [1.165, 1.54) is 0 Å². The minimum Gasteiger partial charge on any atom is -0.355 e. The highest BCUT2D eigenvalue weighted by atomic mass is 35.5. The van der Waals surface area contributed by atoms with Crippen molar-refractivity contribution in [1.29, 1.82) is 0 Å². The van der Waals surface area contributed by atoms with Gasteiger partial charge in [-0.05, 0) is 44.0 Å². The molecular weight excluding hydrogens is 376 g/mol. The molecule has 3 aromatic rings. The lowest BCUT2D eigenvalue weighted by Gasteiger charge is -2.37. The molecule has 146 valence electrons. The summed E-state index contributed by atoms with van der Waals surface area (Å²) in [6.45, 7) is 3.61. The molecule has 1 amide bonds. The Balaban J connectivity index is 1.42. The molecule has 4 rings (SSSR count). The highest BCUT2D eigenvalue weighted by molar-refractivity contribution is 6.31. The topological polar surface area (TPSA) is 67.2 Å². The molecule has 7 nitrogen and oxygen atoms in total. The average Bonchev–Trinajstić information content (AvgIpc) is 3.05. The molecule has 0 radical (unpaired) electrons. The standard InChI is InChI=1S/C20H23ClN6O/c1-13-10-18(24-26(13)3)20(28)25(2)15-6-8-27(9-7-15)19-12-22-17-11-14(21)4-5-16(17)23-19/h4-5,10-12,15H,6-9H2,1-3H3. The molecule has 8 heteroatoms. The Morgan fingerprint density at radius 2 is 1.96 bits per heavy atom. The number of carbonyl (C=O) groups excluding carboxylic acids is 1. The van der Waals surface area contributed by atoms with Crippen molar-refractivity contribution in [2.75, 3.05) is 25.0 Å². The Labute approximate surface area is 168 Å². The van der Waals surface area contributed by atoms with E-state index in [2.05, 4.69) is 15.0 Å². The zero-order chi connectivity index (χ0) is 19.8. The van der Waals surface area contributed by atoms with Crippen LogP contribution in [-0.4, -0.2) is 56.7 Å². The molecule has 0 saturated carbocycles. The van der Waals surface area contributed by atoms with Crippen molar-refractivity contribution in [3.05, 3.63) is 46.9 Å². The zero-order valence-corrected chi connectivity index (χ0v) is 17.0. The Morgan fingerprint density at radius 1 is 1.21 bits per heavy atom. The number of carbonyl (C=O) groups is 1. The van der Waals surface area contributed by atoms with Crippen LogP contribution in [0.3, 0.4) is 0 Å². The molecule has 1 saturated heterocycles. The molecule has 1 fully saturated rings. The van der Waals surface area contributed by atoms with Crippen molar-refractivity contribution in [3.8, 4) is 0 Å². The third-order valence-corrected chi connectivity index (χ3v) is 5.72. The van der Waals surface area contributed by atoms with Gasteiger partial charge in [-0.25, -0.2) is 4.98 Å². The third kappa shape index (κ3) is 3.54. The number of piperidine rings is 1. The fourth-order valence-corrected chi connectivity index (χ4v) is 3.79. The SMILES string of the molecule is Cc1cc(C(=O)N(C)C2CCN(c3cnc4cc(Cl)ccc4n3)CC2)nn1C. The van der Waals surface area contributed by atoms with E-state index in [0.29, 0.717) is 10.7 Å². The van der Waals surface area contributed by atoms with Crippen molar-refractivity contribution < 1.29 is 4.79 Å². The number of aryl methyl sites for hydroxylation is 2. The number of benzene rings is 1. The van der Waals surface area contributed by atoms with E-state index >= 15 is 0 Å². The monoisotopic (exact) mass is 398 g/mol. The number of aromatic nitrogens is 4. The quantitative estimate of drug-likeness (QED) is 0.678. The van der Waals surface area contributed by atoms with Gasteiger partial charge in [-0.15, -0.1) is 0 Å². The first-order chi connectivity index (χ1) is 13.4. The van der Waals surface area contributed by atoms with Crippen LogP contribution in [0.5, 0.6) is 0 Å². The van der Waals surface area contributed by atoms with Crippen molar-refractivity contribution >= 4 is 34.4 Å². The van der Waals surface area contributed by atoms with Crippen LogP contribution >= 0.6 is 11.6 Å². The summed E-state index contributed by atoms with van der Waals surface area (Å²) in [6, 6.07) is 7.57. The fraction of sp³-hybridized carbons (Fsp3) is 0.400. The molecule has 1 aliphatic rings. The number of hydrogen-bond donors (Lipinski definition) is 0. The van der Waals surface area contributed by atoms with Gasteiger partial charge in [0.1, 0.15) is 5.82 Å². The van der Waals surface area contributed by atoms with Gasteiger partial charge in [0.15, 0.2) is 5.69 Å². The summed E-state index contributed by atoms with van der Waals surface area (Å²) >= 11 is 6.02. The lowest BCUT2D eigenvalue weighted by molar-refractivity contribution is 0.0702. The van der Waals surface area contributed by atoms with E-state index in [9.17, 15) is 4.79 Å². The summed E-state index contributed by atoms with van der Waals surface area (Å²) in [5.41, 5.74) is 3.11. The van der Waals surface area contributed by atoms with Crippen LogP contribution in [0.25, 0.3) is 11.0 Å². The molecule has 2 aromatic heterocycles. The predicted octanol–water partition coefficient (Wildman–Crippen LogP) is 3.07. The first-order valence-corrected chi connectivity index (χ1v) is 9.75. The lowest BCUT2D eigenvalue weighted by atomic mass is 10.0. The van der Waals surface area contributed by atoms with Gasteiger partial charge in [-0.2, -0.15) is 5.10 Å². The molecule has 3 heterocycles. The number of hydrogen-bond acceptors (Lipinski definition) is 5. The van der Waals surface area contributed by atoms with E-state index in [0.717, 1.165) is 48.5 Å². The second-order valence-electron chi connectivity index (χ2n) is 7.29. The van der Waals surface area contributed by atoms with Crippen LogP contribution in [-0.2, 0) is 7.05 Å². The summed E-state index contributed by atoms with van der Waals surface area (Å²) in [4.78, 5) is 26.0. The second-order valence-corrected chi connectivity index (χ2v) is 7.73. The number of nitrogens with zero attached hydrogens (tertiary/aromatic N) is 6. The number of fused-ring (bicyclic) bond motifs is 1. The first-order valence-electron chi connectivity index (χ1n) is 9.37. The summed E-state index contributed by atoms with van der Waals surface area (Å²) in [6.07, 6.45) is 3.56. The average molecular weight is 399 g/mol. The van der Waals surface area contributed by atoms with E-state index in [1.807, 2.05) is 50.2 Å². The Kier molecular flexibility index (Phi) is 4.93. The molecule has 0 aliphatic carbocycles. The smallest absolute Gasteiger partial charge is 0.274 e. The molecule has 0 N–H and O–H groups in total. The van der Waals surface area contributed by atoms with Gasteiger partial charge in [-0.3, -0.25) is 14.5 Å². The molecule has 28 heavy (non-hydrogen) atoms. The normalized spacial score (nSPS) is 15.2. The second kappa shape index (κ2) is 7.39. The van der Waals surface area contributed by atoms with Gasteiger partial charge in [0, 0.05) is 43.9 Å². The highest BCUT2D eigenvalue weighted by Crippen LogP contribution is 2.24. The number of halogens is 1. The van der Waals surface area contributed by atoms with Gasteiger partial charge >= 0.3 is 0 Å². The number of amides is 1. The van der Waals surface area contributed by atoms with Crippen LogP contribution in [0.2, 0.25) is 5.02 Å². The highest BCUT2D eigenvalue weighted by Gasteiger charge is 2.28. The van der Waals surface area contributed by atoms with Gasteiger partial charge in [0.05, 0.1) is 17.2 Å². The van der Waals surface area contributed by atoms with Crippen molar-refractivity contribution in [2.45, 2.75) is 25.8 Å². The van der Waals surface area contributed by atoms with Crippen LogP contribution in [0.1, 0.15) is 29.0 Å². The van der Waals surface area contributed by atoms with Gasteiger partial charge in [0.25, 0.3) is 5.91 Å². The van der Waals surface area contributed by atoms with Crippen LogP contribution in [0.4, 0.5) is 5.82 Å².